The quantitative estimate of drug-likeness (QED) is 0.657. The molecule has 1 amide bonds. The number of unbranched alkanes of at least 4 members (excludes halogenated alkanes) is 1. The highest BCUT2D eigenvalue weighted by Gasteiger charge is 2.04. The Balaban J connectivity index is 2.16. The highest BCUT2D eigenvalue weighted by molar-refractivity contribution is 5.75. The van der Waals surface area contributed by atoms with Crippen molar-refractivity contribution >= 4 is 5.91 Å². The molecule has 0 atom stereocenters. The van der Waals surface area contributed by atoms with E-state index < -0.39 is 0 Å². The first kappa shape index (κ1) is 11.6. The van der Waals surface area contributed by atoms with Crippen LogP contribution in [-0.4, -0.2) is 27.8 Å². The first-order chi connectivity index (χ1) is 7.22. The van der Waals surface area contributed by atoms with Gasteiger partial charge < -0.3 is 14.9 Å². The van der Waals surface area contributed by atoms with Crippen molar-refractivity contribution in [2.45, 2.75) is 32.7 Å². The number of nitrogens with zero attached hydrogens (tertiary/aromatic N) is 2. The molecule has 1 heterocycles. The van der Waals surface area contributed by atoms with Gasteiger partial charge in [0.25, 0.3) is 0 Å². The number of nitrogens with one attached hydrogen (secondary N) is 1. The highest BCUT2D eigenvalue weighted by Crippen LogP contribution is 1.96. The number of aliphatic hydroxyl groups is 1. The van der Waals surface area contributed by atoms with Gasteiger partial charge >= 0.3 is 0 Å². The fraction of sp³-hybridized carbons (Fsp3) is 0.667. The van der Waals surface area contributed by atoms with E-state index in [1.807, 2.05) is 0 Å². The van der Waals surface area contributed by atoms with E-state index in [1.165, 1.54) is 0 Å². The molecule has 0 saturated heterocycles. The largest absolute Gasteiger partial charge is 0.396 e. The maximum absolute atomic E-state index is 11.2. The zero-order valence-corrected chi connectivity index (χ0v) is 8.69. The number of aliphatic hydroxyl groups excluding tert-OH is 1. The third-order valence-electron chi connectivity index (χ3n) is 1.83. The van der Waals surface area contributed by atoms with Crippen molar-refractivity contribution in [1.82, 2.24) is 15.5 Å². The van der Waals surface area contributed by atoms with Crippen LogP contribution in [-0.2, 0) is 11.3 Å². The van der Waals surface area contributed by atoms with Crippen LogP contribution in [0.3, 0.4) is 0 Å². The van der Waals surface area contributed by atoms with Crippen molar-refractivity contribution < 1.29 is 14.4 Å². The molecule has 6 nitrogen and oxygen atoms in total. The van der Waals surface area contributed by atoms with Gasteiger partial charge in [-0.2, -0.15) is 4.98 Å². The summed E-state index contributed by atoms with van der Waals surface area (Å²) in [5.74, 6) is 0.897. The Kier molecular flexibility index (Phi) is 4.76. The first-order valence-corrected chi connectivity index (χ1v) is 4.89. The van der Waals surface area contributed by atoms with E-state index in [1.54, 1.807) is 6.92 Å². The van der Waals surface area contributed by atoms with E-state index in [0.717, 1.165) is 0 Å². The molecule has 0 unspecified atom stereocenters. The summed E-state index contributed by atoms with van der Waals surface area (Å²) < 4.78 is 4.75. The molecule has 0 radical (unpaired) electrons. The Morgan fingerprint density at radius 3 is 2.93 bits per heavy atom. The number of carbonyl (C=O) groups is 1. The lowest BCUT2D eigenvalue weighted by Gasteiger charge is -2.00. The molecule has 0 aliphatic carbocycles. The molecule has 0 aliphatic heterocycles. The fourth-order valence-electron chi connectivity index (χ4n) is 1.08. The SMILES string of the molecule is Cc1nc(CNC(=O)CCCCO)no1. The highest BCUT2D eigenvalue weighted by atomic mass is 16.5. The predicted molar refractivity (Wildman–Crippen MR) is 51.8 cm³/mol. The number of hydrogen-bond acceptors (Lipinski definition) is 5. The summed E-state index contributed by atoms with van der Waals surface area (Å²) in [6.07, 6.45) is 1.75. The molecule has 1 aromatic rings. The average molecular weight is 213 g/mol. The van der Waals surface area contributed by atoms with Gasteiger partial charge in [-0.1, -0.05) is 5.16 Å². The fourth-order valence-corrected chi connectivity index (χ4v) is 1.08. The summed E-state index contributed by atoms with van der Waals surface area (Å²) in [4.78, 5) is 15.2. The van der Waals surface area contributed by atoms with Gasteiger partial charge in [-0.15, -0.1) is 0 Å². The van der Waals surface area contributed by atoms with Crippen LogP contribution in [0.1, 0.15) is 31.0 Å². The molecule has 1 rings (SSSR count). The van der Waals surface area contributed by atoms with E-state index >= 15 is 0 Å². The molecule has 84 valence electrons. The van der Waals surface area contributed by atoms with Crippen molar-refractivity contribution in [1.29, 1.82) is 0 Å². The van der Waals surface area contributed by atoms with Crippen molar-refractivity contribution in [3.05, 3.63) is 11.7 Å². The predicted octanol–water partition coefficient (Wildman–Crippen LogP) is 0.157. The van der Waals surface area contributed by atoms with Gasteiger partial charge in [0.2, 0.25) is 11.8 Å². The summed E-state index contributed by atoms with van der Waals surface area (Å²) in [7, 11) is 0. The van der Waals surface area contributed by atoms with Crippen LogP contribution in [0, 0.1) is 6.92 Å². The minimum absolute atomic E-state index is 0.0640. The topological polar surface area (TPSA) is 88.2 Å². The Bertz CT molecular complexity index is 311. The second kappa shape index (κ2) is 6.13. The molecule has 0 fully saturated rings. The summed E-state index contributed by atoms with van der Waals surface area (Å²) in [6.45, 7) is 2.10. The smallest absolute Gasteiger partial charge is 0.223 e. The van der Waals surface area contributed by atoms with Crippen molar-refractivity contribution in [3.63, 3.8) is 0 Å². The first-order valence-electron chi connectivity index (χ1n) is 4.89. The van der Waals surface area contributed by atoms with Crippen LogP contribution in [0.15, 0.2) is 4.52 Å². The van der Waals surface area contributed by atoms with E-state index in [9.17, 15) is 4.79 Å². The van der Waals surface area contributed by atoms with Gasteiger partial charge in [0.1, 0.15) is 0 Å². The van der Waals surface area contributed by atoms with Crippen LogP contribution >= 0.6 is 0 Å². The summed E-state index contributed by atoms with van der Waals surface area (Å²) in [5.41, 5.74) is 0. The molecule has 1 aromatic heterocycles. The second-order valence-electron chi connectivity index (χ2n) is 3.19. The minimum Gasteiger partial charge on any atom is -0.396 e. The van der Waals surface area contributed by atoms with E-state index in [2.05, 4.69) is 15.5 Å². The van der Waals surface area contributed by atoms with Gasteiger partial charge in [-0.3, -0.25) is 4.79 Å². The minimum atomic E-state index is -0.0640. The molecule has 0 bridgehead atoms. The Hall–Kier alpha value is -1.43. The van der Waals surface area contributed by atoms with Gasteiger partial charge in [-0.05, 0) is 12.8 Å². The molecule has 2 N–H and O–H groups in total. The third-order valence-corrected chi connectivity index (χ3v) is 1.83. The van der Waals surface area contributed by atoms with Gasteiger partial charge in [0, 0.05) is 20.0 Å². The molecule has 0 saturated carbocycles. The van der Waals surface area contributed by atoms with Crippen LogP contribution in [0.4, 0.5) is 0 Å². The number of aromatic nitrogens is 2. The van der Waals surface area contributed by atoms with Gasteiger partial charge in [0.05, 0.1) is 6.54 Å². The van der Waals surface area contributed by atoms with E-state index in [-0.39, 0.29) is 19.1 Å². The van der Waals surface area contributed by atoms with Crippen LogP contribution in [0.2, 0.25) is 0 Å². The van der Waals surface area contributed by atoms with Crippen LogP contribution in [0.5, 0.6) is 0 Å². The molecule has 6 heteroatoms. The lowest BCUT2D eigenvalue weighted by Crippen LogP contribution is -2.23. The van der Waals surface area contributed by atoms with Crippen LogP contribution in [0.25, 0.3) is 0 Å². The third kappa shape index (κ3) is 4.55. The Labute approximate surface area is 87.7 Å². The number of rotatable bonds is 6. The number of aryl methyl sites for hydroxylation is 1. The monoisotopic (exact) mass is 213 g/mol. The molecule has 0 spiro atoms. The lowest BCUT2D eigenvalue weighted by molar-refractivity contribution is -0.121. The molecular formula is C9H15N3O3. The van der Waals surface area contributed by atoms with Crippen molar-refractivity contribution in [2.75, 3.05) is 6.61 Å². The molecular weight excluding hydrogens is 198 g/mol. The zero-order valence-electron chi connectivity index (χ0n) is 8.69. The number of hydrogen-bond donors (Lipinski definition) is 2. The summed E-state index contributed by atoms with van der Waals surface area (Å²) in [6, 6.07) is 0. The zero-order chi connectivity index (χ0) is 11.1. The molecule has 0 aromatic carbocycles. The average Bonchev–Trinajstić information content (AvgIpc) is 2.62. The maximum Gasteiger partial charge on any atom is 0.223 e. The standard InChI is InChI=1S/C9H15N3O3/c1-7-11-8(12-15-7)6-10-9(14)4-2-3-5-13/h13H,2-6H2,1H3,(H,10,14). The van der Waals surface area contributed by atoms with Crippen molar-refractivity contribution in [2.24, 2.45) is 0 Å². The van der Waals surface area contributed by atoms with Crippen molar-refractivity contribution in [3.8, 4) is 0 Å². The second-order valence-corrected chi connectivity index (χ2v) is 3.19. The number of carbonyl (C=O) groups excluding carboxylic acids is 1. The Morgan fingerprint density at radius 2 is 2.33 bits per heavy atom. The molecule has 15 heavy (non-hydrogen) atoms. The van der Waals surface area contributed by atoms with Gasteiger partial charge in [0.15, 0.2) is 5.82 Å². The maximum atomic E-state index is 11.2. The summed E-state index contributed by atoms with van der Waals surface area (Å²) in [5, 5.41) is 14.8. The summed E-state index contributed by atoms with van der Waals surface area (Å²) >= 11 is 0. The molecule has 0 aliphatic rings. The number of amides is 1. The van der Waals surface area contributed by atoms with E-state index in [4.69, 9.17) is 9.63 Å². The van der Waals surface area contributed by atoms with Gasteiger partial charge in [-0.25, -0.2) is 0 Å². The van der Waals surface area contributed by atoms with Crippen LogP contribution < -0.4 is 5.32 Å². The normalized spacial score (nSPS) is 10.3. The lowest BCUT2D eigenvalue weighted by atomic mass is 10.2. The van der Waals surface area contributed by atoms with E-state index in [0.29, 0.717) is 31.0 Å². The Morgan fingerprint density at radius 1 is 1.53 bits per heavy atom.